The lowest BCUT2D eigenvalue weighted by Gasteiger charge is -2.36. The van der Waals surface area contributed by atoms with Gasteiger partial charge >= 0.3 is 0 Å². The van der Waals surface area contributed by atoms with Crippen LogP contribution in [-0.4, -0.2) is 56.5 Å². The summed E-state index contributed by atoms with van der Waals surface area (Å²) in [5, 5.41) is 1.26. The Kier molecular flexibility index (Phi) is 5.09. The molecule has 176 valence electrons. The summed E-state index contributed by atoms with van der Waals surface area (Å²) in [6, 6.07) is 5.85. The van der Waals surface area contributed by atoms with Crippen LogP contribution in [0.5, 0.6) is 0 Å². The minimum absolute atomic E-state index is 0.0794. The zero-order chi connectivity index (χ0) is 23.6. The van der Waals surface area contributed by atoms with E-state index in [4.69, 9.17) is 9.97 Å². The Morgan fingerprint density at radius 3 is 2.68 bits per heavy atom. The van der Waals surface area contributed by atoms with Gasteiger partial charge in [0, 0.05) is 43.7 Å². The molecule has 1 aromatic carbocycles. The van der Waals surface area contributed by atoms with Gasteiger partial charge < -0.3 is 14.4 Å². The fraction of sp³-hybridized carbons (Fsp3) is 0.462. The van der Waals surface area contributed by atoms with Crippen molar-refractivity contribution in [3.05, 3.63) is 45.9 Å². The van der Waals surface area contributed by atoms with Crippen LogP contribution in [0, 0.1) is 19.8 Å². The predicted octanol–water partition coefficient (Wildman–Crippen LogP) is 4.28. The first-order valence-corrected chi connectivity index (χ1v) is 13.0. The van der Waals surface area contributed by atoms with E-state index in [1.54, 1.807) is 0 Å². The van der Waals surface area contributed by atoms with Crippen molar-refractivity contribution in [2.24, 2.45) is 13.0 Å². The molecule has 1 aliphatic heterocycles. The molecule has 0 unspecified atom stereocenters. The molecule has 1 saturated heterocycles. The molecule has 0 saturated carbocycles. The Labute approximate surface area is 203 Å². The summed E-state index contributed by atoms with van der Waals surface area (Å²) in [5.41, 5.74) is 4.10. The molecule has 1 fully saturated rings. The van der Waals surface area contributed by atoms with Gasteiger partial charge in [0.05, 0.1) is 16.4 Å². The quantitative estimate of drug-likeness (QED) is 0.434. The van der Waals surface area contributed by atoms with E-state index >= 15 is 0 Å². The van der Waals surface area contributed by atoms with Crippen LogP contribution in [0.1, 0.15) is 45.8 Å². The topological polar surface area (TPSA) is 67.2 Å². The van der Waals surface area contributed by atoms with Crippen LogP contribution in [0.15, 0.2) is 18.2 Å². The number of aromatic nitrogens is 4. The second kappa shape index (κ2) is 8.05. The minimum atomic E-state index is 0.0794. The second-order valence-electron chi connectivity index (χ2n) is 9.83. The van der Waals surface area contributed by atoms with E-state index < -0.39 is 0 Å². The van der Waals surface area contributed by atoms with E-state index in [9.17, 15) is 4.79 Å². The summed E-state index contributed by atoms with van der Waals surface area (Å²) in [5.74, 6) is 3.65. The van der Waals surface area contributed by atoms with Crippen molar-refractivity contribution >= 4 is 44.3 Å². The van der Waals surface area contributed by atoms with Crippen LogP contribution in [0.4, 0.5) is 5.82 Å². The van der Waals surface area contributed by atoms with Crippen LogP contribution in [0.2, 0.25) is 0 Å². The maximum Gasteiger partial charge on any atom is 0.254 e. The first-order chi connectivity index (χ1) is 16.4. The first-order valence-electron chi connectivity index (χ1n) is 12.1. The molecule has 0 radical (unpaired) electrons. The van der Waals surface area contributed by atoms with E-state index in [2.05, 4.69) is 21.4 Å². The maximum atomic E-state index is 13.3. The summed E-state index contributed by atoms with van der Waals surface area (Å²) < 4.78 is 2.05. The highest BCUT2D eigenvalue weighted by atomic mass is 32.1. The molecule has 6 rings (SSSR count). The molecule has 1 amide bonds. The van der Waals surface area contributed by atoms with Gasteiger partial charge in [-0.15, -0.1) is 11.3 Å². The summed E-state index contributed by atoms with van der Waals surface area (Å²) in [7, 11) is 2.00. The monoisotopic (exact) mass is 474 g/mol. The Balaban J connectivity index is 1.24. The van der Waals surface area contributed by atoms with Crippen molar-refractivity contribution in [2.75, 3.05) is 31.1 Å². The van der Waals surface area contributed by atoms with Gasteiger partial charge in [0.25, 0.3) is 5.91 Å². The number of carbonyl (C=O) groups excluding carboxylic acids is 1. The van der Waals surface area contributed by atoms with Crippen LogP contribution in [0.25, 0.3) is 21.3 Å². The maximum absolute atomic E-state index is 13.3. The largest absolute Gasteiger partial charge is 0.352 e. The van der Waals surface area contributed by atoms with E-state index in [0.717, 1.165) is 65.2 Å². The third-order valence-electron chi connectivity index (χ3n) is 7.47. The SMILES string of the molecule is Cc1nc(N2CCN(C(=O)c3ccc4c(c3)nc(C)n4C)CC2)c2c3c(sc2n1)C[C@@H](C)CC3. The number of thiophene rings is 1. The number of hydrogen-bond donors (Lipinski definition) is 0. The predicted molar refractivity (Wildman–Crippen MR) is 137 cm³/mol. The van der Waals surface area contributed by atoms with Gasteiger partial charge in [-0.1, -0.05) is 6.92 Å². The fourth-order valence-corrected chi connectivity index (χ4v) is 6.84. The van der Waals surface area contributed by atoms with Gasteiger partial charge in [-0.25, -0.2) is 15.0 Å². The van der Waals surface area contributed by atoms with E-state index in [1.165, 1.54) is 22.2 Å². The lowest BCUT2D eigenvalue weighted by Crippen LogP contribution is -2.49. The van der Waals surface area contributed by atoms with Crippen molar-refractivity contribution in [1.29, 1.82) is 0 Å². The third kappa shape index (κ3) is 3.47. The summed E-state index contributed by atoms with van der Waals surface area (Å²) in [6.07, 6.45) is 3.50. The van der Waals surface area contributed by atoms with E-state index in [1.807, 2.05) is 55.3 Å². The number of imidazole rings is 1. The van der Waals surface area contributed by atoms with Gasteiger partial charge in [-0.2, -0.15) is 0 Å². The van der Waals surface area contributed by atoms with Crippen LogP contribution in [-0.2, 0) is 19.9 Å². The Hall–Kier alpha value is -3.00. The summed E-state index contributed by atoms with van der Waals surface area (Å²) in [6.45, 7) is 9.25. The average molecular weight is 475 g/mol. The Morgan fingerprint density at radius 2 is 1.88 bits per heavy atom. The highest BCUT2D eigenvalue weighted by Crippen LogP contribution is 2.41. The molecule has 2 aliphatic rings. The average Bonchev–Trinajstić information content (AvgIpc) is 3.33. The Morgan fingerprint density at radius 1 is 1.09 bits per heavy atom. The highest BCUT2D eigenvalue weighted by Gasteiger charge is 2.28. The number of benzene rings is 1. The Bertz CT molecular complexity index is 1430. The molecule has 7 nitrogen and oxygen atoms in total. The standard InChI is InChI=1S/C26H30N6OS/c1-15-5-7-19-22(13-15)34-25-23(19)24(27-16(2)28-25)31-9-11-32(12-10-31)26(33)18-6-8-21-20(14-18)29-17(3)30(21)4/h6,8,14-15H,5,7,9-13H2,1-4H3/t15-/m0/s1. The van der Waals surface area contributed by atoms with Gasteiger partial charge in [-0.05, 0) is 62.8 Å². The van der Waals surface area contributed by atoms with Crippen LogP contribution in [0.3, 0.4) is 0 Å². The normalized spacial score (nSPS) is 18.6. The van der Waals surface area contributed by atoms with Crippen molar-refractivity contribution in [2.45, 2.75) is 40.0 Å². The second-order valence-corrected chi connectivity index (χ2v) is 10.9. The smallest absolute Gasteiger partial charge is 0.254 e. The molecule has 3 aromatic heterocycles. The molecule has 4 heterocycles. The minimum Gasteiger partial charge on any atom is -0.352 e. The molecular formula is C26H30N6OS. The van der Waals surface area contributed by atoms with Gasteiger partial charge in [0.2, 0.25) is 0 Å². The number of carbonyl (C=O) groups is 1. The van der Waals surface area contributed by atoms with Crippen molar-refractivity contribution < 1.29 is 4.79 Å². The van der Waals surface area contributed by atoms with Crippen molar-refractivity contribution in [3.8, 4) is 0 Å². The van der Waals surface area contributed by atoms with Crippen molar-refractivity contribution in [1.82, 2.24) is 24.4 Å². The molecule has 4 aromatic rings. The number of hydrogen-bond acceptors (Lipinski definition) is 6. The molecule has 0 spiro atoms. The van der Waals surface area contributed by atoms with Crippen molar-refractivity contribution in [3.63, 3.8) is 0 Å². The van der Waals surface area contributed by atoms with Gasteiger partial charge in [-0.3, -0.25) is 4.79 Å². The van der Waals surface area contributed by atoms with Crippen LogP contribution < -0.4 is 4.90 Å². The van der Waals surface area contributed by atoms with E-state index in [-0.39, 0.29) is 5.91 Å². The molecule has 0 bridgehead atoms. The summed E-state index contributed by atoms with van der Waals surface area (Å²) in [4.78, 5) is 34.5. The molecule has 0 N–H and O–H groups in total. The fourth-order valence-electron chi connectivity index (χ4n) is 5.41. The zero-order valence-corrected chi connectivity index (χ0v) is 21.1. The molecule has 34 heavy (non-hydrogen) atoms. The number of anilines is 1. The third-order valence-corrected chi connectivity index (χ3v) is 8.61. The highest BCUT2D eigenvalue weighted by molar-refractivity contribution is 7.19. The first kappa shape index (κ1) is 21.5. The lowest BCUT2D eigenvalue weighted by molar-refractivity contribution is 0.0746. The number of fused-ring (bicyclic) bond motifs is 4. The molecule has 1 atom stereocenters. The number of aryl methyl sites for hydroxylation is 4. The van der Waals surface area contributed by atoms with E-state index in [0.29, 0.717) is 18.7 Å². The van der Waals surface area contributed by atoms with Gasteiger partial charge in [0.1, 0.15) is 22.3 Å². The molecular weight excluding hydrogens is 444 g/mol. The molecule has 8 heteroatoms. The summed E-state index contributed by atoms with van der Waals surface area (Å²) >= 11 is 1.85. The number of amides is 1. The number of nitrogens with zero attached hydrogens (tertiary/aromatic N) is 6. The zero-order valence-electron chi connectivity index (χ0n) is 20.3. The number of rotatable bonds is 2. The lowest BCUT2D eigenvalue weighted by atomic mass is 9.89. The van der Waals surface area contributed by atoms with Crippen LogP contribution >= 0.6 is 11.3 Å². The number of piperazine rings is 1. The van der Waals surface area contributed by atoms with Gasteiger partial charge in [0.15, 0.2) is 0 Å². The molecule has 1 aliphatic carbocycles.